The van der Waals surface area contributed by atoms with E-state index in [0.29, 0.717) is 0 Å². The van der Waals surface area contributed by atoms with Crippen LogP contribution in [-0.2, 0) is 14.2 Å². The van der Waals surface area contributed by atoms with Crippen molar-refractivity contribution in [3.8, 4) is 0 Å². The summed E-state index contributed by atoms with van der Waals surface area (Å²) >= 11 is 0. The lowest BCUT2D eigenvalue weighted by Gasteiger charge is -2.25. The summed E-state index contributed by atoms with van der Waals surface area (Å²) in [5, 5.41) is 7.78. The van der Waals surface area contributed by atoms with Crippen LogP contribution >= 0.6 is 0 Å². The van der Waals surface area contributed by atoms with Crippen molar-refractivity contribution < 1.29 is 58.8 Å². The molecule has 0 fully saturated rings. The molecule has 0 bridgehead atoms. The Morgan fingerprint density at radius 2 is 1.06 bits per heavy atom. The molecule has 0 aliphatic rings. The van der Waals surface area contributed by atoms with E-state index < -0.39 is 31.7 Å². The van der Waals surface area contributed by atoms with Gasteiger partial charge >= 0.3 is 25.1 Å². The Kier molecular flexibility index (Phi) is 4.84. The van der Waals surface area contributed by atoms with Crippen LogP contribution in [0.4, 0.5) is 39.5 Å². The van der Waals surface area contributed by atoms with Crippen LogP contribution < -0.4 is 0 Å². The number of hydrogen-bond acceptors (Lipinski definition) is 4. The largest absolute Gasteiger partial charge is 0.529 e. The molecular weight excluding hydrogens is 295 g/mol. The third-order valence-electron chi connectivity index (χ3n) is 0.924. The number of aliphatic hydroxyl groups is 1. The van der Waals surface area contributed by atoms with Crippen molar-refractivity contribution in [2.75, 3.05) is 6.61 Å². The maximum absolute atomic E-state index is 12.2. The van der Waals surface area contributed by atoms with Crippen LogP contribution in [0.2, 0.25) is 0 Å². The van der Waals surface area contributed by atoms with Gasteiger partial charge in [-0.2, -0.15) is 13.5 Å². The van der Waals surface area contributed by atoms with Crippen LogP contribution in [0.25, 0.3) is 0 Å². The Bertz CT molecular complexity index is 275. The third-order valence-corrected chi connectivity index (χ3v) is 0.924. The molecule has 0 atom stereocenters. The minimum absolute atomic E-state index is 1.79. The van der Waals surface area contributed by atoms with Crippen LogP contribution in [0.15, 0.2) is 0 Å². The van der Waals surface area contributed by atoms with Gasteiger partial charge in [-0.15, -0.1) is 30.7 Å². The van der Waals surface area contributed by atoms with Crippen LogP contribution in [0.1, 0.15) is 0 Å². The zero-order valence-corrected chi connectivity index (χ0v) is 7.78. The third kappa shape index (κ3) is 7.52. The SMILES string of the molecule is OCC(F)(F)OC(F)(F)OC(F)(F)OC(F)(F)F. The predicted octanol–water partition coefficient (Wildman–Crippen LogP) is 2.24. The smallest absolute Gasteiger partial charge is 0.387 e. The lowest BCUT2D eigenvalue weighted by Crippen LogP contribution is -2.44. The summed E-state index contributed by atoms with van der Waals surface area (Å²) in [7, 11) is 0. The second-order valence-electron chi connectivity index (χ2n) is 2.47. The fourth-order valence-corrected chi connectivity index (χ4v) is 0.521. The fourth-order valence-electron chi connectivity index (χ4n) is 0.521. The van der Waals surface area contributed by atoms with Gasteiger partial charge in [0, 0.05) is 0 Å². The molecule has 18 heavy (non-hydrogen) atoms. The first-order valence-electron chi connectivity index (χ1n) is 3.60. The van der Waals surface area contributed by atoms with Crippen LogP contribution in [0, 0.1) is 0 Å². The van der Waals surface area contributed by atoms with E-state index in [1.807, 2.05) is 4.74 Å². The standard InChI is InChI=1S/C5H3F9O4/c6-2(7,1-15)16-4(11,12)18-5(13,14)17-3(8,9)10/h15H,1H2. The molecule has 0 saturated heterocycles. The number of rotatable bonds is 6. The van der Waals surface area contributed by atoms with Crippen molar-refractivity contribution in [1.82, 2.24) is 0 Å². The normalized spacial score (nSPS) is 15.0. The Morgan fingerprint density at radius 1 is 0.667 bits per heavy atom. The molecule has 0 aromatic carbocycles. The van der Waals surface area contributed by atoms with Crippen molar-refractivity contribution in [2.24, 2.45) is 0 Å². The molecule has 1 N–H and O–H groups in total. The highest BCUT2D eigenvalue weighted by molar-refractivity contribution is 4.51. The molecule has 0 heterocycles. The molecule has 0 amide bonds. The summed E-state index contributed by atoms with van der Waals surface area (Å²) in [5.41, 5.74) is 0. The van der Waals surface area contributed by atoms with E-state index in [9.17, 15) is 39.5 Å². The summed E-state index contributed by atoms with van der Waals surface area (Å²) in [6.45, 7) is -2.35. The average Bonchev–Trinajstić information content (AvgIpc) is 1.93. The molecule has 110 valence electrons. The molecule has 0 rings (SSSR count). The summed E-state index contributed by atoms with van der Waals surface area (Å²) in [5.74, 6) is 0. The number of ether oxygens (including phenoxy) is 3. The molecule has 0 aliphatic heterocycles. The maximum atomic E-state index is 12.2. The first kappa shape index (κ1) is 17.2. The predicted molar refractivity (Wildman–Crippen MR) is 31.2 cm³/mol. The van der Waals surface area contributed by atoms with Gasteiger partial charge in [0.2, 0.25) is 0 Å². The number of aliphatic hydroxyl groups excluding tert-OH is 1. The summed E-state index contributed by atoms with van der Waals surface area (Å²) in [6, 6.07) is 0. The Labute approximate surface area is 91.8 Å². The minimum atomic E-state index is -6.07. The summed E-state index contributed by atoms with van der Waals surface area (Å²) in [6.07, 6.45) is -22.9. The zero-order chi connectivity index (χ0) is 14.8. The molecule has 4 nitrogen and oxygen atoms in total. The van der Waals surface area contributed by atoms with E-state index in [2.05, 4.69) is 4.74 Å². The number of hydrogen-bond donors (Lipinski definition) is 1. The molecule has 0 unspecified atom stereocenters. The highest BCUT2D eigenvalue weighted by atomic mass is 19.4. The lowest BCUT2D eigenvalue weighted by atomic mass is 10.7. The highest BCUT2D eigenvalue weighted by Gasteiger charge is 2.56. The van der Waals surface area contributed by atoms with Crippen molar-refractivity contribution in [2.45, 2.75) is 25.1 Å². The average molecular weight is 298 g/mol. The number of alkyl halides is 9. The zero-order valence-electron chi connectivity index (χ0n) is 7.78. The van der Waals surface area contributed by atoms with Crippen molar-refractivity contribution in [3.63, 3.8) is 0 Å². The van der Waals surface area contributed by atoms with E-state index in [4.69, 9.17) is 5.11 Å². The van der Waals surface area contributed by atoms with Gasteiger partial charge in [-0.25, -0.2) is 9.47 Å². The fraction of sp³-hybridized carbons (Fsp3) is 1.00. The highest BCUT2D eigenvalue weighted by Crippen LogP contribution is 2.36. The van der Waals surface area contributed by atoms with Gasteiger partial charge in [0.1, 0.15) is 6.61 Å². The van der Waals surface area contributed by atoms with Crippen molar-refractivity contribution >= 4 is 0 Å². The van der Waals surface area contributed by atoms with Crippen LogP contribution in [-0.4, -0.2) is 36.8 Å². The van der Waals surface area contributed by atoms with E-state index in [1.165, 1.54) is 0 Å². The first-order valence-corrected chi connectivity index (χ1v) is 3.60. The van der Waals surface area contributed by atoms with Gasteiger partial charge < -0.3 is 5.11 Å². The molecule has 0 aromatic rings. The Morgan fingerprint density at radius 3 is 1.39 bits per heavy atom. The minimum Gasteiger partial charge on any atom is -0.387 e. The Balaban J connectivity index is 4.66. The van der Waals surface area contributed by atoms with E-state index in [-0.39, 0.29) is 0 Å². The molecule has 0 aliphatic carbocycles. The molecule has 0 radical (unpaired) electrons. The Hall–Kier alpha value is -0.790. The van der Waals surface area contributed by atoms with Gasteiger partial charge in [0.15, 0.2) is 0 Å². The van der Waals surface area contributed by atoms with Crippen LogP contribution in [0.3, 0.4) is 0 Å². The molecule has 0 spiro atoms. The van der Waals surface area contributed by atoms with Gasteiger partial charge in [0.25, 0.3) is 0 Å². The van der Waals surface area contributed by atoms with E-state index in [1.54, 1.807) is 4.74 Å². The first-order chi connectivity index (χ1) is 7.68. The van der Waals surface area contributed by atoms with Gasteiger partial charge in [-0.3, -0.25) is 0 Å². The van der Waals surface area contributed by atoms with Gasteiger partial charge in [-0.05, 0) is 0 Å². The molecule has 0 aromatic heterocycles. The number of halogens is 9. The van der Waals surface area contributed by atoms with Crippen molar-refractivity contribution in [3.05, 3.63) is 0 Å². The van der Waals surface area contributed by atoms with E-state index in [0.717, 1.165) is 0 Å². The second-order valence-corrected chi connectivity index (χ2v) is 2.47. The summed E-state index contributed by atoms with van der Waals surface area (Å²) in [4.78, 5) is 0. The van der Waals surface area contributed by atoms with Gasteiger partial charge in [0.05, 0.1) is 0 Å². The second kappa shape index (κ2) is 5.07. The monoisotopic (exact) mass is 298 g/mol. The molecular formula is C5H3F9O4. The van der Waals surface area contributed by atoms with Gasteiger partial charge in [-0.1, -0.05) is 0 Å². The van der Waals surface area contributed by atoms with Crippen molar-refractivity contribution in [1.29, 1.82) is 0 Å². The van der Waals surface area contributed by atoms with Crippen LogP contribution in [0.5, 0.6) is 0 Å². The van der Waals surface area contributed by atoms with E-state index >= 15 is 0 Å². The molecule has 13 heteroatoms. The topological polar surface area (TPSA) is 47.9 Å². The lowest BCUT2D eigenvalue weighted by molar-refractivity contribution is -0.584. The summed E-state index contributed by atoms with van der Waals surface area (Å²) < 4.78 is 112. The maximum Gasteiger partial charge on any atom is 0.529 e. The molecule has 0 saturated carbocycles. The quantitative estimate of drug-likeness (QED) is 0.603.